The maximum Gasteiger partial charge on any atom is 0.489 e. The molecule has 0 bridgehead atoms. The molecule has 16 heavy (non-hydrogen) atoms. The van der Waals surface area contributed by atoms with Gasteiger partial charge in [0.05, 0.1) is 4.92 Å². The second-order valence-corrected chi connectivity index (χ2v) is 3.75. The summed E-state index contributed by atoms with van der Waals surface area (Å²) >= 11 is 0. The average molecular weight is 224 g/mol. The first-order chi connectivity index (χ1) is 7.41. The van der Waals surface area contributed by atoms with Gasteiger partial charge in [0.1, 0.15) is 0 Å². The Kier molecular flexibility index (Phi) is 4.00. The van der Waals surface area contributed by atoms with E-state index in [0.717, 1.165) is 0 Å². The zero-order valence-electron chi connectivity index (χ0n) is 9.12. The lowest BCUT2D eigenvalue weighted by Crippen LogP contribution is -2.34. The van der Waals surface area contributed by atoms with Gasteiger partial charge in [-0.1, -0.05) is 6.07 Å². The van der Waals surface area contributed by atoms with Crippen molar-refractivity contribution in [1.29, 1.82) is 0 Å². The highest BCUT2D eigenvalue weighted by Gasteiger charge is 2.20. The molecule has 86 valence electrons. The van der Waals surface area contributed by atoms with Crippen LogP contribution in [0.2, 0.25) is 0 Å². The molecule has 1 aromatic carbocycles. The molecule has 0 aliphatic heterocycles. The Balaban J connectivity index is 3.14. The smallest absolute Gasteiger partial charge is 0.423 e. The molecule has 0 radical (unpaired) electrons. The molecule has 0 fully saturated rings. The molecule has 2 N–H and O–H groups in total. The topological polar surface area (TPSA) is 86.8 Å². The van der Waals surface area contributed by atoms with Crippen LogP contribution in [0.15, 0.2) is 18.2 Å². The van der Waals surface area contributed by atoms with Crippen molar-refractivity contribution < 1.29 is 15.0 Å². The highest BCUT2D eigenvalue weighted by Crippen LogP contribution is 2.11. The van der Waals surface area contributed by atoms with Crippen LogP contribution in [0.1, 0.15) is 5.56 Å². The van der Waals surface area contributed by atoms with Crippen LogP contribution in [0.25, 0.3) is 0 Å². The van der Waals surface area contributed by atoms with Gasteiger partial charge in [-0.3, -0.25) is 10.1 Å². The summed E-state index contributed by atoms with van der Waals surface area (Å²) in [4.78, 5) is 11.8. The van der Waals surface area contributed by atoms with Gasteiger partial charge in [0, 0.05) is 18.7 Å². The highest BCUT2D eigenvalue weighted by atomic mass is 16.6. The van der Waals surface area contributed by atoms with E-state index in [4.69, 9.17) is 10.0 Å². The number of rotatable bonds is 4. The quantitative estimate of drug-likeness (QED) is 0.402. The molecule has 6 nitrogen and oxygen atoms in total. The minimum absolute atomic E-state index is 0.148. The van der Waals surface area contributed by atoms with E-state index in [1.165, 1.54) is 18.2 Å². The van der Waals surface area contributed by atoms with E-state index in [1.54, 1.807) is 0 Å². The lowest BCUT2D eigenvalue weighted by atomic mass is 9.76. The van der Waals surface area contributed by atoms with Crippen LogP contribution in [-0.2, 0) is 6.54 Å². The highest BCUT2D eigenvalue weighted by molar-refractivity contribution is 6.59. The molecular formula is C9H13BN2O4. The maximum atomic E-state index is 10.5. The van der Waals surface area contributed by atoms with Crippen LogP contribution in [0.3, 0.4) is 0 Å². The van der Waals surface area contributed by atoms with E-state index >= 15 is 0 Å². The second-order valence-electron chi connectivity index (χ2n) is 3.75. The van der Waals surface area contributed by atoms with E-state index in [-0.39, 0.29) is 11.2 Å². The largest absolute Gasteiger partial charge is 0.489 e. The Morgan fingerprint density at radius 2 is 2.06 bits per heavy atom. The molecule has 0 amide bonds. The van der Waals surface area contributed by atoms with Crippen molar-refractivity contribution in [3.05, 3.63) is 33.9 Å². The van der Waals surface area contributed by atoms with Gasteiger partial charge >= 0.3 is 7.12 Å². The van der Waals surface area contributed by atoms with E-state index in [2.05, 4.69) is 0 Å². The molecule has 0 unspecified atom stereocenters. The van der Waals surface area contributed by atoms with Gasteiger partial charge < -0.3 is 14.9 Å². The predicted octanol–water partition coefficient (Wildman–Crippen LogP) is -0.664. The molecule has 0 heterocycles. The number of nitrogens with zero attached hydrogens (tertiary/aromatic N) is 2. The number of benzene rings is 1. The van der Waals surface area contributed by atoms with Crippen LogP contribution in [0.4, 0.5) is 5.69 Å². The third-order valence-electron chi connectivity index (χ3n) is 2.11. The summed E-state index contributed by atoms with van der Waals surface area (Å²) in [6.45, 7) is 0.491. The Labute approximate surface area is 93.4 Å². The van der Waals surface area contributed by atoms with Crippen LogP contribution < -0.4 is 5.46 Å². The molecule has 1 rings (SSSR count). The fourth-order valence-electron chi connectivity index (χ4n) is 1.42. The molecule has 0 aliphatic rings. The first-order valence-corrected chi connectivity index (χ1v) is 4.70. The minimum atomic E-state index is -1.70. The Morgan fingerprint density at radius 3 is 2.50 bits per heavy atom. The Bertz CT molecular complexity index is 395. The predicted molar refractivity (Wildman–Crippen MR) is 60.3 cm³/mol. The van der Waals surface area contributed by atoms with Gasteiger partial charge in [-0.25, -0.2) is 0 Å². The number of hydrogen-bond acceptors (Lipinski definition) is 5. The molecule has 0 aromatic heterocycles. The van der Waals surface area contributed by atoms with Gasteiger partial charge in [-0.2, -0.15) is 0 Å². The average Bonchev–Trinajstić information content (AvgIpc) is 2.16. The zero-order chi connectivity index (χ0) is 12.3. The van der Waals surface area contributed by atoms with Crippen LogP contribution in [0.5, 0.6) is 0 Å². The van der Waals surface area contributed by atoms with Crippen molar-refractivity contribution in [1.82, 2.24) is 4.90 Å². The monoisotopic (exact) mass is 224 g/mol. The summed E-state index contributed by atoms with van der Waals surface area (Å²) < 4.78 is 0. The van der Waals surface area contributed by atoms with Crippen molar-refractivity contribution in [3.63, 3.8) is 0 Å². The van der Waals surface area contributed by atoms with Gasteiger partial charge in [0.2, 0.25) is 0 Å². The van der Waals surface area contributed by atoms with Gasteiger partial charge in [-0.05, 0) is 25.1 Å². The fraction of sp³-hybridized carbons (Fsp3) is 0.333. The van der Waals surface area contributed by atoms with Gasteiger partial charge in [0.15, 0.2) is 0 Å². The van der Waals surface area contributed by atoms with Gasteiger partial charge in [-0.15, -0.1) is 0 Å². The minimum Gasteiger partial charge on any atom is -0.423 e. The maximum absolute atomic E-state index is 10.5. The summed E-state index contributed by atoms with van der Waals surface area (Å²) in [5.41, 5.74) is 0.680. The van der Waals surface area contributed by atoms with E-state index in [0.29, 0.717) is 12.1 Å². The van der Waals surface area contributed by atoms with Crippen molar-refractivity contribution in [3.8, 4) is 0 Å². The lowest BCUT2D eigenvalue weighted by Gasteiger charge is -2.13. The normalized spacial score (nSPS) is 10.6. The number of hydrogen-bond donors (Lipinski definition) is 2. The number of nitro groups is 1. The summed E-state index contributed by atoms with van der Waals surface area (Å²) in [6.07, 6.45) is 0. The number of nitro benzene ring substituents is 1. The second kappa shape index (κ2) is 5.06. The van der Waals surface area contributed by atoms with E-state index in [1.807, 2.05) is 19.0 Å². The molecule has 0 saturated heterocycles. The molecule has 1 aromatic rings. The van der Waals surface area contributed by atoms with Crippen LogP contribution in [0, 0.1) is 10.1 Å². The first kappa shape index (κ1) is 12.6. The summed E-state index contributed by atoms with van der Waals surface area (Å²) in [7, 11) is 1.96. The third-order valence-corrected chi connectivity index (χ3v) is 2.11. The van der Waals surface area contributed by atoms with Crippen molar-refractivity contribution in [2.75, 3.05) is 14.1 Å². The van der Waals surface area contributed by atoms with Crippen molar-refractivity contribution in [2.24, 2.45) is 0 Å². The summed E-state index contributed by atoms with van der Waals surface area (Å²) in [5.74, 6) is 0. The van der Waals surface area contributed by atoms with Crippen molar-refractivity contribution >= 4 is 18.3 Å². The van der Waals surface area contributed by atoms with E-state index < -0.39 is 12.0 Å². The fourth-order valence-corrected chi connectivity index (χ4v) is 1.42. The third kappa shape index (κ3) is 3.03. The van der Waals surface area contributed by atoms with Gasteiger partial charge in [0.25, 0.3) is 5.69 Å². The Hall–Kier alpha value is -1.44. The molecule has 7 heteroatoms. The molecule has 0 aliphatic carbocycles. The summed E-state index contributed by atoms with van der Waals surface area (Å²) in [5, 5.41) is 28.8. The molecule has 0 saturated carbocycles. The van der Waals surface area contributed by atoms with Crippen LogP contribution in [-0.4, -0.2) is 41.1 Å². The standard InChI is InChI=1S/C9H13BN2O4/c1-11(2)6-7-3-4-8(12(15)16)5-9(7)10(13)14/h3-5,13-14H,6H2,1-2H3. The molecular weight excluding hydrogens is 211 g/mol. The number of non-ortho nitro benzene ring substituents is 1. The van der Waals surface area contributed by atoms with Crippen LogP contribution >= 0.6 is 0 Å². The Morgan fingerprint density at radius 1 is 1.44 bits per heavy atom. The first-order valence-electron chi connectivity index (χ1n) is 4.70. The molecule has 0 spiro atoms. The van der Waals surface area contributed by atoms with E-state index in [9.17, 15) is 10.1 Å². The van der Waals surface area contributed by atoms with Crippen molar-refractivity contribution in [2.45, 2.75) is 6.54 Å². The summed E-state index contributed by atoms with van der Waals surface area (Å²) in [6, 6.07) is 4.07. The zero-order valence-corrected chi connectivity index (χ0v) is 9.12. The molecule has 0 atom stereocenters. The lowest BCUT2D eigenvalue weighted by molar-refractivity contribution is -0.384. The SMILES string of the molecule is CN(C)Cc1ccc([N+](=O)[O-])cc1B(O)O.